The van der Waals surface area contributed by atoms with Gasteiger partial charge in [0.15, 0.2) is 0 Å². The lowest BCUT2D eigenvalue weighted by molar-refractivity contribution is 0.631. The van der Waals surface area contributed by atoms with E-state index >= 15 is 0 Å². The second kappa shape index (κ2) is 5.62. The Balaban J connectivity index is 2.41. The normalized spacial score (nSPS) is 10.5. The van der Waals surface area contributed by atoms with Gasteiger partial charge < -0.3 is 0 Å². The maximum Gasteiger partial charge on any atom is 0.131 e. The topological polar surface area (TPSA) is 0 Å². The highest BCUT2D eigenvalue weighted by molar-refractivity contribution is 5.67. The van der Waals surface area contributed by atoms with E-state index in [2.05, 4.69) is 13.0 Å². The Morgan fingerprint density at radius 1 is 0.882 bits per heavy atom. The Hall–Kier alpha value is -1.63. The first-order valence-corrected chi connectivity index (χ1v) is 6.15. The van der Waals surface area contributed by atoms with Crippen molar-refractivity contribution >= 4 is 0 Å². The lowest BCUT2D eigenvalue weighted by Crippen LogP contribution is -1.92. The molecule has 0 aromatic heterocycles. The van der Waals surface area contributed by atoms with Gasteiger partial charge in [-0.25, -0.2) is 4.39 Å². The molecule has 0 saturated carbocycles. The Bertz CT molecular complexity index is 488. The molecule has 0 atom stereocenters. The van der Waals surface area contributed by atoms with E-state index in [4.69, 9.17) is 0 Å². The van der Waals surface area contributed by atoms with Crippen LogP contribution in [0.5, 0.6) is 0 Å². The average Bonchev–Trinajstić information content (AvgIpc) is 2.37. The number of unbranched alkanes of at least 4 members (excludes halogenated alkanes) is 1. The van der Waals surface area contributed by atoms with Crippen molar-refractivity contribution in [1.82, 2.24) is 0 Å². The zero-order valence-corrected chi connectivity index (χ0v) is 10.1. The minimum atomic E-state index is -0.142. The van der Waals surface area contributed by atoms with Gasteiger partial charge in [-0.15, -0.1) is 0 Å². The van der Waals surface area contributed by atoms with Gasteiger partial charge >= 0.3 is 0 Å². The van der Waals surface area contributed by atoms with E-state index in [1.807, 2.05) is 30.3 Å². The first-order valence-electron chi connectivity index (χ1n) is 6.15. The molecule has 0 nitrogen and oxygen atoms in total. The van der Waals surface area contributed by atoms with E-state index in [9.17, 15) is 4.39 Å². The molecular formula is C16H17F. The standard InChI is InChI=1S/C16H17F/c1-2-3-8-13-9-4-5-10-14(13)15-11-6-7-12-16(15)17/h4-7,9-12H,2-3,8H2,1H3. The van der Waals surface area contributed by atoms with Crippen molar-refractivity contribution in [1.29, 1.82) is 0 Å². The fraction of sp³-hybridized carbons (Fsp3) is 0.250. The minimum absolute atomic E-state index is 0.142. The number of aryl methyl sites for hydroxylation is 1. The van der Waals surface area contributed by atoms with Crippen LogP contribution in [-0.4, -0.2) is 0 Å². The summed E-state index contributed by atoms with van der Waals surface area (Å²) in [7, 11) is 0. The van der Waals surface area contributed by atoms with Gasteiger partial charge in [-0.3, -0.25) is 0 Å². The molecule has 1 heteroatoms. The van der Waals surface area contributed by atoms with Crippen LogP contribution in [0.3, 0.4) is 0 Å². The molecule has 2 rings (SSSR count). The Labute approximate surface area is 102 Å². The molecule has 0 spiro atoms. The van der Waals surface area contributed by atoms with Crippen LogP contribution in [0.2, 0.25) is 0 Å². The van der Waals surface area contributed by atoms with Gasteiger partial charge in [0.1, 0.15) is 5.82 Å². The van der Waals surface area contributed by atoms with Crippen LogP contribution in [0.4, 0.5) is 4.39 Å². The van der Waals surface area contributed by atoms with E-state index in [0.29, 0.717) is 5.56 Å². The molecule has 0 radical (unpaired) electrons. The highest BCUT2D eigenvalue weighted by Crippen LogP contribution is 2.27. The van der Waals surface area contributed by atoms with Crippen molar-refractivity contribution in [3.05, 3.63) is 59.9 Å². The number of hydrogen-bond acceptors (Lipinski definition) is 0. The summed E-state index contributed by atoms with van der Waals surface area (Å²) < 4.78 is 13.8. The summed E-state index contributed by atoms with van der Waals surface area (Å²) in [5.74, 6) is -0.142. The van der Waals surface area contributed by atoms with Gasteiger partial charge in [-0.05, 0) is 30.0 Å². The third-order valence-corrected chi connectivity index (χ3v) is 2.98. The largest absolute Gasteiger partial charge is 0.206 e. The summed E-state index contributed by atoms with van der Waals surface area (Å²) >= 11 is 0. The quantitative estimate of drug-likeness (QED) is 0.702. The summed E-state index contributed by atoms with van der Waals surface area (Å²) in [5, 5.41) is 0. The van der Waals surface area contributed by atoms with Crippen molar-refractivity contribution in [2.45, 2.75) is 26.2 Å². The third-order valence-electron chi connectivity index (χ3n) is 2.98. The molecule has 0 aliphatic rings. The van der Waals surface area contributed by atoms with E-state index in [-0.39, 0.29) is 5.82 Å². The van der Waals surface area contributed by atoms with Crippen LogP contribution in [-0.2, 0) is 6.42 Å². The second-order valence-corrected chi connectivity index (χ2v) is 4.24. The molecule has 17 heavy (non-hydrogen) atoms. The number of benzene rings is 2. The average molecular weight is 228 g/mol. The molecule has 0 N–H and O–H groups in total. The fourth-order valence-electron chi connectivity index (χ4n) is 2.05. The fourth-order valence-corrected chi connectivity index (χ4v) is 2.05. The van der Waals surface area contributed by atoms with Crippen LogP contribution >= 0.6 is 0 Å². The molecule has 0 unspecified atom stereocenters. The summed E-state index contributed by atoms with van der Waals surface area (Å²) in [5.41, 5.74) is 2.97. The second-order valence-electron chi connectivity index (χ2n) is 4.24. The zero-order chi connectivity index (χ0) is 12.1. The Morgan fingerprint density at radius 3 is 2.24 bits per heavy atom. The van der Waals surface area contributed by atoms with Gasteiger partial charge in [0.05, 0.1) is 0 Å². The number of hydrogen-bond donors (Lipinski definition) is 0. The van der Waals surface area contributed by atoms with E-state index < -0.39 is 0 Å². The highest BCUT2D eigenvalue weighted by atomic mass is 19.1. The van der Waals surface area contributed by atoms with E-state index in [1.165, 1.54) is 11.6 Å². The Morgan fingerprint density at radius 2 is 1.53 bits per heavy atom. The van der Waals surface area contributed by atoms with Crippen molar-refractivity contribution in [2.75, 3.05) is 0 Å². The van der Waals surface area contributed by atoms with Gasteiger partial charge in [0, 0.05) is 5.56 Å². The van der Waals surface area contributed by atoms with Crippen LogP contribution < -0.4 is 0 Å². The maximum absolute atomic E-state index is 13.8. The van der Waals surface area contributed by atoms with Crippen molar-refractivity contribution in [3.8, 4) is 11.1 Å². The van der Waals surface area contributed by atoms with Crippen LogP contribution in [0.1, 0.15) is 25.3 Å². The van der Waals surface area contributed by atoms with Gasteiger partial charge in [-0.1, -0.05) is 55.8 Å². The number of rotatable bonds is 4. The smallest absolute Gasteiger partial charge is 0.131 e. The SMILES string of the molecule is CCCCc1ccccc1-c1ccccc1F. The van der Waals surface area contributed by atoms with Crippen LogP contribution in [0.15, 0.2) is 48.5 Å². The van der Waals surface area contributed by atoms with Crippen molar-refractivity contribution in [3.63, 3.8) is 0 Å². The molecule has 2 aromatic carbocycles. The molecule has 0 heterocycles. The predicted molar refractivity (Wildman–Crippen MR) is 70.4 cm³/mol. The van der Waals surface area contributed by atoms with Crippen LogP contribution in [0.25, 0.3) is 11.1 Å². The van der Waals surface area contributed by atoms with Gasteiger partial charge in [0.25, 0.3) is 0 Å². The maximum atomic E-state index is 13.8. The molecule has 0 aliphatic heterocycles. The molecule has 0 fully saturated rings. The van der Waals surface area contributed by atoms with Crippen molar-refractivity contribution in [2.24, 2.45) is 0 Å². The molecule has 0 bridgehead atoms. The van der Waals surface area contributed by atoms with Gasteiger partial charge in [-0.2, -0.15) is 0 Å². The lowest BCUT2D eigenvalue weighted by Gasteiger charge is -2.10. The summed E-state index contributed by atoms with van der Waals surface area (Å²) in [6, 6.07) is 15.1. The highest BCUT2D eigenvalue weighted by Gasteiger charge is 2.07. The molecule has 0 aliphatic carbocycles. The zero-order valence-electron chi connectivity index (χ0n) is 10.1. The van der Waals surface area contributed by atoms with Crippen LogP contribution in [0, 0.1) is 5.82 Å². The monoisotopic (exact) mass is 228 g/mol. The summed E-state index contributed by atoms with van der Waals surface area (Å²) in [4.78, 5) is 0. The van der Waals surface area contributed by atoms with E-state index in [0.717, 1.165) is 24.8 Å². The third kappa shape index (κ3) is 2.73. The summed E-state index contributed by atoms with van der Waals surface area (Å²) in [6.07, 6.45) is 3.32. The minimum Gasteiger partial charge on any atom is -0.206 e. The van der Waals surface area contributed by atoms with E-state index in [1.54, 1.807) is 6.07 Å². The molecule has 88 valence electrons. The molecular weight excluding hydrogens is 211 g/mol. The first kappa shape index (κ1) is 11.8. The van der Waals surface area contributed by atoms with Gasteiger partial charge in [0.2, 0.25) is 0 Å². The molecule has 0 saturated heterocycles. The number of halogens is 1. The van der Waals surface area contributed by atoms with Crippen molar-refractivity contribution < 1.29 is 4.39 Å². The predicted octanol–water partition coefficient (Wildman–Crippen LogP) is 4.84. The molecule has 0 amide bonds. The molecule has 2 aromatic rings. The lowest BCUT2D eigenvalue weighted by atomic mass is 9.96. The summed E-state index contributed by atoms with van der Waals surface area (Å²) in [6.45, 7) is 2.17. The Kier molecular flexibility index (Phi) is 3.92. The first-order chi connectivity index (χ1) is 8.33.